The Hall–Kier alpha value is -2.74. The monoisotopic (exact) mass is 491 g/mol. The molecule has 0 aliphatic carbocycles. The van der Waals surface area contributed by atoms with Crippen molar-refractivity contribution in [3.63, 3.8) is 0 Å². The average Bonchev–Trinajstić information content (AvgIpc) is 3.09. The van der Waals surface area contributed by atoms with Crippen molar-refractivity contribution in [2.24, 2.45) is 0 Å². The molecule has 2 aromatic rings. The lowest BCUT2D eigenvalue weighted by Crippen LogP contribution is -2.18. The van der Waals surface area contributed by atoms with Gasteiger partial charge < -0.3 is 10.5 Å². The van der Waals surface area contributed by atoms with Crippen molar-refractivity contribution >= 4 is 40.5 Å². The Morgan fingerprint density at radius 3 is 2.44 bits per heavy atom. The van der Waals surface area contributed by atoms with Crippen LogP contribution in [0.3, 0.4) is 0 Å². The van der Waals surface area contributed by atoms with Gasteiger partial charge in [-0.25, -0.2) is 9.67 Å². The van der Waals surface area contributed by atoms with Crippen LogP contribution in [0.1, 0.15) is 36.8 Å². The fourth-order valence-corrected chi connectivity index (χ4v) is 4.54. The molecule has 0 unspecified atom stereocenters. The second-order valence-corrected chi connectivity index (χ2v) is 8.88. The lowest BCUT2D eigenvalue weighted by Gasteiger charge is -2.12. The summed E-state index contributed by atoms with van der Waals surface area (Å²) >= 11 is 19.0. The highest BCUT2D eigenvalue weighted by Gasteiger charge is 2.27. The molecule has 10 heteroatoms. The smallest absolute Gasteiger partial charge is 0.284 e. The van der Waals surface area contributed by atoms with E-state index in [-0.39, 0.29) is 11.5 Å². The lowest BCUT2D eigenvalue weighted by atomic mass is 10.1. The molecule has 0 aromatic heterocycles. The van der Waals surface area contributed by atoms with Gasteiger partial charge in [0.05, 0.1) is 28.5 Å². The van der Waals surface area contributed by atoms with Crippen molar-refractivity contribution in [3.8, 4) is 22.8 Å². The Balaban J connectivity index is 1.91. The molecule has 0 amide bonds. The molecule has 166 valence electrons. The number of nitrogens with one attached hydrogen (secondary N) is 1. The minimum absolute atomic E-state index is 0.00658. The van der Waals surface area contributed by atoms with Crippen molar-refractivity contribution in [2.45, 2.75) is 26.2 Å². The summed E-state index contributed by atoms with van der Waals surface area (Å²) in [6.07, 6.45) is 0.312. The molecule has 0 radical (unpaired) electrons. The second kappa shape index (κ2) is 8.65. The zero-order valence-corrected chi connectivity index (χ0v) is 19.8. The summed E-state index contributed by atoms with van der Waals surface area (Å²) in [4.78, 5) is 22.0. The van der Waals surface area contributed by atoms with Crippen LogP contribution < -0.4 is 16.0 Å². The number of aromatic amines is 1. The first kappa shape index (κ1) is 22.5. The molecule has 4 rings (SSSR count). The van der Waals surface area contributed by atoms with Crippen LogP contribution in [0.4, 0.5) is 5.69 Å². The van der Waals surface area contributed by atoms with E-state index in [9.17, 15) is 4.79 Å². The van der Waals surface area contributed by atoms with Crippen LogP contribution in [0.5, 0.6) is 5.75 Å². The molecule has 2 aromatic carbocycles. The number of fused-ring (bicyclic) bond motifs is 1. The number of aromatic nitrogens is 4. The Morgan fingerprint density at radius 2 is 1.81 bits per heavy atom. The van der Waals surface area contributed by atoms with Crippen LogP contribution in [0.25, 0.3) is 17.1 Å². The maximum atomic E-state index is 13.0. The number of nitrogens with zero attached hydrogens (tertiary/aromatic N) is 3. The number of ether oxygens (including phenoxy) is 1. The Kier molecular flexibility index (Phi) is 6.07. The van der Waals surface area contributed by atoms with E-state index in [0.29, 0.717) is 61.5 Å². The van der Waals surface area contributed by atoms with Gasteiger partial charge >= 0.3 is 0 Å². The standard InChI is InChI=1S/C22H20Cl3N5O2/c1-10(2)19-18-21(30(29-19)20-13(24)8-12(23)9-14(20)25)27-17(28-22(18)31)7-11-4-5-15(26)16(6-11)32-3/h4-6,8-10,29H,7,26H2,1-3H3. The average molecular weight is 493 g/mol. The minimum atomic E-state index is -0.382. The molecule has 7 nitrogen and oxygen atoms in total. The van der Waals surface area contributed by atoms with Crippen molar-refractivity contribution in [1.82, 2.24) is 19.7 Å². The highest BCUT2D eigenvalue weighted by molar-refractivity contribution is 6.40. The van der Waals surface area contributed by atoms with Gasteiger partial charge in [-0.3, -0.25) is 9.89 Å². The van der Waals surface area contributed by atoms with E-state index in [2.05, 4.69) is 10.1 Å². The van der Waals surface area contributed by atoms with Gasteiger partial charge in [-0.2, -0.15) is 4.98 Å². The van der Waals surface area contributed by atoms with E-state index in [1.54, 1.807) is 36.1 Å². The summed E-state index contributed by atoms with van der Waals surface area (Å²) in [5.74, 6) is 1.28. The van der Waals surface area contributed by atoms with E-state index in [4.69, 9.17) is 50.3 Å². The van der Waals surface area contributed by atoms with E-state index in [0.717, 1.165) is 5.56 Å². The van der Waals surface area contributed by atoms with Crippen molar-refractivity contribution in [2.75, 3.05) is 12.8 Å². The summed E-state index contributed by atoms with van der Waals surface area (Å²) in [6.45, 7) is 3.93. The molecular weight excluding hydrogens is 473 g/mol. The van der Waals surface area contributed by atoms with Crippen LogP contribution in [0, 0.1) is 0 Å². The zero-order chi connectivity index (χ0) is 23.2. The van der Waals surface area contributed by atoms with Gasteiger partial charge in [-0.1, -0.05) is 54.7 Å². The zero-order valence-electron chi connectivity index (χ0n) is 17.5. The molecule has 2 aliphatic rings. The third kappa shape index (κ3) is 4.03. The van der Waals surface area contributed by atoms with Crippen molar-refractivity contribution in [3.05, 3.63) is 72.8 Å². The molecule has 0 atom stereocenters. The van der Waals surface area contributed by atoms with Gasteiger partial charge in [0.2, 0.25) is 0 Å². The van der Waals surface area contributed by atoms with Gasteiger partial charge in [0.25, 0.3) is 5.56 Å². The third-order valence-corrected chi connectivity index (χ3v) is 5.85. The topological polar surface area (TPSA) is 98.8 Å². The summed E-state index contributed by atoms with van der Waals surface area (Å²) in [5.41, 5.74) is 8.42. The fourth-order valence-electron chi connectivity index (χ4n) is 3.55. The Labute approximate surface area is 199 Å². The molecule has 0 bridgehead atoms. The summed E-state index contributed by atoms with van der Waals surface area (Å²) in [6, 6.07) is 8.55. The molecule has 32 heavy (non-hydrogen) atoms. The number of hydrogen-bond donors (Lipinski definition) is 2. The van der Waals surface area contributed by atoms with Crippen LogP contribution in [-0.4, -0.2) is 26.9 Å². The van der Waals surface area contributed by atoms with E-state index >= 15 is 0 Å². The minimum Gasteiger partial charge on any atom is -0.495 e. The number of hydrogen-bond acceptors (Lipinski definition) is 5. The maximum absolute atomic E-state index is 13.0. The largest absolute Gasteiger partial charge is 0.495 e. The molecular formula is C22H20Cl3N5O2. The van der Waals surface area contributed by atoms with Gasteiger partial charge in [-0.15, -0.1) is 0 Å². The highest BCUT2D eigenvalue weighted by atomic mass is 35.5. The lowest BCUT2D eigenvalue weighted by molar-refractivity contribution is 0.416. The Bertz CT molecular complexity index is 1320. The van der Waals surface area contributed by atoms with Crippen molar-refractivity contribution < 1.29 is 4.74 Å². The Morgan fingerprint density at radius 1 is 1.12 bits per heavy atom. The van der Waals surface area contributed by atoms with Crippen LogP contribution in [0.2, 0.25) is 15.1 Å². The molecule has 3 N–H and O–H groups in total. The van der Waals surface area contributed by atoms with Crippen molar-refractivity contribution in [1.29, 1.82) is 0 Å². The second-order valence-electron chi connectivity index (χ2n) is 7.63. The molecule has 0 saturated carbocycles. The highest BCUT2D eigenvalue weighted by Crippen LogP contribution is 2.36. The molecule has 2 heterocycles. The molecule has 0 saturated heterocycles. The van der Waals surface area contributed by atoms with E-state index < -0.39 is 0 Å². The third-order valence-electron chi connectivity index (χ3n) is 5.06. The summed E-state index contributed by atoms with van der Waals surface area (Å²) in [5, 5.41) is 4.28. The maximum Gasteiger partial charge on any atom is 0.284 e. The number of methoxy groups -OCH3 is 1. The predicted octanol–water partition coefficient (Wildman–Crippen LogP) is 5.33. The number of halogens is 3. The first-order valence-corrected chi connectivity index (χ1v) is 10.9. The number of benzene rings is 2. The molecule has 0 fully saturated rings. The number of anilines is 1. The van der Waals surface area contributed by atoms with Gasteiger partial charge in [-0.05, 0) is 35.7 Å². The van der Waals surface area contributed by atoms with E-state index in [1.807, 2.05) is 19.9 Å². The van der Waals surface area contributed by atoms with E-state index in [1.165, 1.54) is 0 Å². The van der Waals surface area contributed by atoms with Gasteiger partial charge in [0, 0.05) is 11.4 Å². The SMILES string of the molecule is COc1cc(Cc2nc3n(-c4c(Cl)cc(Cl)cc4Cl)[nH]c(C(C)C)c-3c(=O)n2)ccc1N. The number of nitrogens with two attached hydrogens (primary N) is 1. The quantitative estimate of drug-likeness (QED) is 0.367. The van der Waals surface area contributed by atoms with Crippen LogP contribution in [-0.2, 0) is 6.42 Å². The van der Waals surface area contributed by atoms with Crippen LogP contribution in [0.15, 0.2) is 35.1 Å². The summed E-state index contributed by atoms with van der Waals surface area (Å²) in [7, 11) is 1.55. The molecule has 0 spiro atoms. The fraction of sp³-hybridized carbons (Fsp3) is 0.227. The van der Waals surface area contributed by atoms with Gasteiger partial charge in [0.15, 0.2) is 5.82 Å². The van der Waals surface area contributed by atoms with Crippen LogP contribution >= 0.6 is 34.8 Å². The normalized spacial score (nSPS) is 11.5. The molecule has 2 aliphatic heterocycles. The number of rotatable bonds is 5. The summed E-state index contributed by atoms with van der Waals surface area (Å²) < 4.78 is 6.90. The predicted molar refractivity (Wildman–Crippen MR) is 128 cm³/mol. The van der Waals surface area contributed by atoms with Gasteiger partial charge in [0.1, 0.15) is 22.8 Å². The first-order valence-electron chi connectivity index (χ1n) is 9.78. The number of nitrogen functional groups attached to an aromatic ring is 1. The number of H-pyrrole nitrogens is 1. The first-order chi connectivity index (χ1) is 15.2.